The summed E-state index contributed by atoms with van der Waals surface area (Å²) in [6, 6.07) is 4.20. The molecule has 2 rings (SSSR count). The average Bonchev–Trinajstić information content (AvgIpc) is 2.84. The van der Waals surface area contributed by atoms with Gasteiger partial charge in [-0.25, -0.2) is 0 Å². The van der Waals surface area contributed by atoms with Crippen molar-refractivity contribution < 1.29 is 22.8 Å². The largest absolute Gasteiger partial charge is 0.416 e. The molecular formula is C14H15F3N2O2S. The van der Waals surface area contributed by atoms with Crippen molar-refractivity contribution in [2.75, 3.05) is 5.75 Å². The van der Waals surface area contributed by atoms with Crippen molar-refractivity contribution in [3.63, 3.8) is 0 Å². The number of benzene rings is 1. The van der Waals surface area contributed by atoms with Gasteiger partial charge in [-0.3, -0.25) is 9.59 Å². The Morgan fingerprint density at radius 1 is 1.45 bits per heavy atom. The monoisotopic (exact) mass is 332 g/mol. The number of hydrogen-bond acceptors (Lipinski definition) is 3. The Hall–Kier alpha value is -1.70. The van der Waals surface area contributed by atoms with Crippen LogP contribution in [0.1, 0.15) is 18.1 Å². The second kappa shape index (κ2) is 6.60. The van der Waals surface area contributed by atoms with Gasteiger partial charge in [0.15, 0.2) is 0 Å². The predicted octanol–water partition coefficient (Wildman–Crippen LogP) is 2.58. The van der Waals surface area contributed by atoms with E-state index in [0.29, 0.717) is 5.75 Å². The molecule has 0 bridgehead atoms. The molecule has 2 amide bonds. The van der Waals surface area contributed by atoms with Crippen LogP contribution in [0.5, 0.6) is 0 Å². The number of carbonyl (C=O) groups excluding carboxylic acids is 2. The van der Waals surface area contributed by atoms with Crippen LogP contribution in [-0.4, -0.2) is 29.0 Å². The van der Waals surface area contributed by atoms with E-state index in [1.165, 1.54) is 18.2 Å². The third-order valence-electron chi connectivity index (χ3n) is 3.23. The molecule has 22 heavy (non-hydrogen) atoms. The Morgan fingerprint density at radius 2 is 2.14 bits per heavy atom. The molecule has 0 aromatic heterocycles. The smallest absolute Gasteiger partial charge is 0.352 e. The van der Waals surface area contributed by atoms with Crippen LogP contribution >= 0.6 is 11.8 Å². The lowest BCUT2D eigenvalue weighted by Crippen LogP contribution is -2.46. The minimum atomic E-state index is -4.42. The van der Waals surface area contributed by atoms with Crippen LogP contribution in [0.4, 0.5) is 18.0 Å². The van der Waals surface area contributed by atoms with Gasteiger partial charge >= 0.3 is 6.18 Å². The number of carbonyl (C=O) groups is 2. The van der Waals surface area contributed by atoms with Gasteiger partial charge in [0.05, 0.1) is 5.56 Å². The molecule has 0 radical (unpaired) electrons. The third-order valence-corrected chi connectivity index (χ3v) is 4.11. The molecule has 2 N–H and O–H groups in total. The molecule has 120 valence electrons. The lowest BCUT2D eigenvalue weighted by molar-refractivity contribution is -0.138. The van der Waals surface area contributed by atoms with Crippen molar-refractivity contribution in [1.82, 2.24) is 10.6 Å². The number of nitrogens with one attached hydrogen (secondary N) is 2. The summed E-state index contributed by atoms with van der Waals surface area (Å²) < 4.78 is 38.7. The van der Waals surface area contributed by atoms with Crippen LogP contribution in [0.3, 0.4) is 0 Å². The van der Waals surface area contributed by atoms with Gasteiger partial charge in [-0.05, 0) is 25.0 Å². The molecule has 1 aromatic carbocycles. The van der Waals surface area contributed by atoms with Gasteiger partial charge in [0.25, 0.3) is 5.24 Å². The minimum Gasteiger partial charge on any atom is -0.352 e. The van der Waals surface area contributed by atoms with Crippen molar-refractivity contribution in [3.8, 4) is 0 Å². The number of rotatable bonds is 4. The maximum atomic E-state index is 12.9. The maximum Gasteiger partial charge on any atom is 0.416 e. The van der Waals surface area contributed by atoms with E-state index in [9.17, 15) is 22.8 Å². The van der Waals surface area contributed by atoms with Crippen LogP contribution in [-0.2, 0) is 17.4 Å². The molecular weight excluding hydrogens is 317 g/mol. The molecule has 2 atom stereocenters. The van der Waals surface area contributed by atoms with Crippen molar-refractivity contribution in [2.45, 2.75) is 31.6 Å². The topological polar surface area (TPSA) is 58.2 Å². The van der Waals surface area contributed by atoms with Gasteiger partial charge in [-0.15, -0.1) is 0 Å². The second-order valence-electron chi connectivity index (χ2n) is 5.06. The zero-order valence-electron chi connectivity index (χ0n) is 11.7. The first-order valence-corrected chi connectivity index (χ1v) is 7.64. The molecule has 1 fully saturated rings. The Bertz CT molecular complexity index is 577. The van der Waals surface area contributed by atoms with Crippen LogP contribution in [0.25, 0.3) is 0 Å². The quantitative estimate of drug-likeness (QED) is 0.891. The number of thioether (sulfide) groups is 1. The molecule has 0 saturated carbocycles. The van der Waals surface area contributed by atoms with Gasteiger partial charge in [-0.2, -0.15) is 13.2 Å². The Morgan fingerprint density at radius 3 is 2.73 bits per heavy atom. The first-order valence-electron chi connectivity index (χ1n) is 6.66. The van der Waals surface area contributed by atoms with E-state index in [-0.39, 0.29) is 23.1 Å². The molecule has 2 unspecified atom stereocenters. The first kappa shape index (κ1) is 16.7. The maximum absolute atomic E-state index is 12.9. The summed E-state index contributed by atoms with van der Waals surface area (Å²) in [5.74, 6) is -0.0494. The number of hydrogen-bond donors (Lipinski definition) is 2. The molecule has 1 aliphatic heterocycles. The molecule has 8 heteroatoms. The standard InChI is InChI=1S/C14H15F3N2O2S/c1-8(18-12(20)11-7-22-13(21)19-11)6-9-4-2-3-5-10(9)14(15,16)17/h2-5,8,11H,6-7H2,1H3,(H,18,20)(H,19,21). The SMILES string of the molecule is CC(Cc1ccccc1C(F)(F)F)NC(=O)C1CSC(=O)N1. The highest BCUT2D eigenvalue weighted by Gasteiger charge is 2.33. The summed E-state index contributed by atoms with van der Waals surface area (Å²) in [6.07, 6.45) is -4.36. The molecule has 0 aliphatic carbocycles. The average molecular weight is 332 g/mol. The summed E-state index contributed by atoms with van der Waals surface area (Å²) in [5, 5.41) is 4.86. The van der Waals surface area contributed by atoms with Crippen LogP contribution in [0.15, 0.2) is 24.3 Å². The van der Waals surface area contributed by atoms with Crippen molar-refractivity contribution in [2.24, 2.45) is 0 Å². The van der Waals surface area contributed by atoms with E-state index in [0.717, 1.165) is 17.8 Å². The molecule has 1 saturated heterocycles. The molecule has 1 aromatic rings. The second-order valence-corrected chi connectivity index (χ2v) is 6.06. The van der Waals surface area contributed by atoms with E-state index >= 15 is 0 Å². The van der Waals surface area contributed by atoms with Gasteiger partial charge in [-0.1, -0.05) is 30.0 Å². The lowest BCUT2D eigenvalue weighted by atomic mass is 10.0. The van der Waals surface area contributed by atoms with Crippen LogP contribution in [0.2, 0.25) is 0 Å². The lowest BCUT2D eigenvalue weighted by Gasteiger charge is -2.19. The van der Waals surface area contributed by atoms with Crippen molar-refractivity contribution in [1.29, 1.82) is 0 Å². The highest BCUT2D eigenvalue weighted by atomic mass is 32.2. The fourth-order valence-electron chi connectivity index (χ4n) is 2.23. The van der Waals surface area contributed by atoms with Crippen molar-refractivity contribution >= 4 is 22.9 Å². The van der Waals surface area contributed by atoms with E-state index in [2.05, 4.69) is 10.6 Å². The van der Waals surface area contributed by atoms with E-state index in [4.69, 9.17) is 0 Å². The molecule has 1 heterocycles. The van der Waals surface area contributed by atoms with E-state index < -0.39 is 23.8 Å². The Labute approximate surface area is 129 Å². The number of halogens is 3. The Balaban J connectivity index is 1.99. The molecule has 0 spiro atoms. The van der Waals surface area contributed by atoms with E-state index in [1.54, 1.807) is 6.92 Å². The normalized spacial score (nSPS) is 19.6. The molecule has 4 nitrogen and oxygen atoms in total. The summed E-state index contributed by atoms with van der Waals surface area (Å²) in [4.78, 5) is 22.9. The highest BCUT2D eigenvalue weighted by molar-refractivity contribution is 8.14. The van der Waals surface area contributed by atoms with Gasteiger partial charge < -0.3 is 10.6 Å². The van der Waals surface area contributed by atoms with Crippen LogP contribution < -0.4 is 10.6 Å². The number of alkyl halides is 3. The summed E-state index contributed by atoms with van der Waals surface area (Å²) in [7, 11) is 0. The fraction of sp³-hybridized carbons (Fsp3) is 0.429. The zero-order valence-corrected chi connectivity index (χ0v) is 12.6. The van der Waals surface area contributed by atoms with Gasteiger partial charge in [0.1, 0.15) is 6.04 Å². The van der Waals surface area contributed by atoms with Gasteiger partial charge in [0.2, 0.25) is 5.91 Å². The Kier molecular flexibility index (Phi) is 5.00. The fourth-order valence-corrected chi connectivity index (χ4v) is 3.00. The summed E-state index contributed by atoms with van der Waals surface area (Å²) >= 11 is 1.01. The number of amides is 2. The minimum absolute atomic E-state index is 0.0647. The molecule has 1 aliphatic rings. The zero-order chi connectivity index (χ0) is 16.3. The van der Waals surface area contributed by atoms with E-state index in [1.807, 2.05) is 0 Å². The summed E-state index contributed by atoms with van der Waals surface area (Å²) in [5.41, 5.74) is -0.562. The first-order chi connectivity index (χ1) is 10.3. The predicted molar refractivity (Wildman–Crippen MR) is 77.5 cm³/mol. The highest BCUT2D eigenvalue weighted by Crippen LogP contribution is 2.32. The van der Waals surface area contributed by atoms with Crippen LogP contribution in [0, 0.1) is 0 Å². The van der Waals surface area contributed by atoms with Crippen molar-refractivity contribution in [3.05, 3.63) is 35.4 Å². The van der Waals surface area contributed by atoms with Gasteiger partial charge in [0, 0.05) is 11.8 Å². The third kappa shape index (κ3) is 4.16. The summed E-state index contributed by atoms with van der Waals surface area (Å²) in [6.45, 7) is 1.63.